The van der Waals surface area contributed by atoms with Crippen molar-refractivity contribution in [1.29, 1.82) is 0 Å². The first-order chi connectivity index (χ1) is 13.5. The predicted octanol–water partition coefficient (Wildman–Crippen LogP) is 4.30. The number of benzene rings is 2. The van der Waals surface area contributed by atoms with Crippen molar-refractivity contribution in [2.75, 3.05) is 25.1 Å². The van der Waals surface area contributed by atoms with Gasteiger partial charge in [-0.05, 0) is 30.7 Å². The Morgan fingerprint density at radius 3 is 2.64 bits per heavy atom. The van der Waals surface area contributed by atoms with Gasteiger partial charge in [0.1, 0.15) is 19.0 Å². The molecule has 0 amide bonds. The summed E-state index contributed by atoms with van der Waals surface area (Å²) in [5.74, 6) is 2.10. The molecule has 0 atom stereocenters. The summed E-state index contributed by atoms with van der Waals surface area (Å²) < 4.78 is 52.3. The fraction of sp³-hybridized carbons (Fsp3) is 0.250. The smallest absolute Gasteiger partial charge is 0.416 e. The standard InChI is InChI=1S/C20H16F3N3O2/c21-20(22,23)13-3-1-2-12(10-13)18-15-6-7-24-19(15)26(25-18)14-4-5-16-17(11-14)28-9-8-27-16/h1-5,10-11,24H,6-9H2. The Labute approximate surface area is 158 Å². The number of nitrogens with one attached hydrogen (secondary N) is 1. The summed E-state index contributed by atoms with van der Waals surface area (Å²) in [4.78, 5) is 0. The van der Waals surface area contributed by atoms with Crippen LogP contribution in [0.25, 0.3) is 16.9 Å². The highest BCUT2D eigenvalue weighted by Gasteiger charge is 2.31. The minimum absolute atomic E-state index is 0.450. The van der Waals surface area contributed by atoms with E-state index in [-0.39, 0.29) is 0 Å². The summed E-state index contributed by atoms with van der Waals surface area (Å²) in [7, 11) is 0. The number of aromatic nitrogens is 2. The summed E-state index contributed by atoms with van der Waals surface area (Å²) >= 11 is 0. The Morgan fingerprint density at radius 2 is 1.82 bits per heavy atom. The minimum Gasteiger partial charge on any atom is -0.486 e. The zero-order valence-corrected chi connectivity index (χ0v) is 14.7. The largest absolute Gasteiger partial charge is 0.486 e. The lowest BCUT2D eigenvalue weighted by molar-refractivity contribution is -0.137. The molecule has 3 aromatic rings. The fourth-order valence-electron chi connectivity index (χ4n) is 3.60. The number of alkyl halides is 3. The van der Waals surface area contributed by atoms with Gasteiger partial charge in [0, 0.05) is 23.7 Å². The van der Waals surface area contributed by atoms with Gasteiger partial charge in [-0.15, -0.1) is 0 Å². The SMILES string of the molecule is FC(F)(F)c1cccc(-c2nn(-c3ccc4c(c3)OCCO4)c3c2CCN3)c1. The Balaban J connectivity index is 1.62. The van der Waals surface area contributed by atoms with Gasteiger partial charge >= 0.3 is 6.18 Å². The van der Waals surface area contributed by atoms with Gasteiger partial charge < -0.3 is 14.8 Å². The molecule has 0 saturated carbocycles. The molecule has 1 aromatic heterocycles. The Morgan fingerprint density at radius 1 is 1.00 bits per heavy atom. The van der Waals surface area contributed by atoms with Crippen LogP contribution in [0.5, 0.6) is 11.5 Å². The molecule has 0 spiro atoms. The molecule has 2 aliphatic heterocycles. The maximum atomic E-state index is 13.1. The lowest BCUT2D eigenvalue weighted by Crippen LogP contribution is -2.15. The van der Waals surface area contributed by atoms with Crippen LogP contribution in [-0.4, -0.2) is 29.5 Å². The summed E-state index contributed by atoms with van der Waals surface area (Å²) in [5, 5.41) is 7.92. The fourth-order valence-corrected chi connectivity index (χ4v) is 3.60. The number of rotatable bonds is 2. The second kappa shape index (κ2) is 6.19. The minimum atomic E-state index is -4.39. The van der Waals surface area contributed by atoms with Gasteiger partial charge in [-0.2, -0.15) is 18.3 Å². The van der Waals surface area contributed by atoms with Crippen LogP contribution in [0, 0.1) is 0 Å². The molecule has 0 unspecified atom stereocenters. The van der Waals surface area contributed by atoms with Gasteiger partial charge in [-0.3, -0.25) is 0 Å². The molecule has 5 rings (SSSR count). The second-order valence-corrected chi connectivity index (χ2v) is 6.67. The molecular weight excluding hydrogens is 371 g/mol. The molecule has 5 nitrogen and oxygen atoms in total. The Hall–Kier alpha value is -3.16. The van der Waals surface area contributed by atoms with Crippen molar-refractivity contribution in [3.8, 4) is 28.4 Å². The number of hydrogen-bond acceptors (Lipinski definition) is 4. The molecular formula is C20H16F3N3O2. The van der Waals surface area contributed by atoms with Gasteiger partial charge in [0.25, 0.3) is 0 Å². The van der Waals surface area contributed by atoms with Crippen molar-refractivity contribution in [1.82, 2.24) is 9.78 Å². The first-order valence-corrected chi connectivity index (χ1v) is 8.94. The number of hydrogen-bond donors (Lipinski definition) is 1. The zero-order valence-electron chi connectivity index (χ0n) is 14.7. The summed E-state index contributed by atoms with van der Waals surface area (Å²) in [6.07, 6.45) is -3.69. The van der Waals surface area contributed by atoms with E-state index >= 15 is 0 Å². The van der Waals surface area contributed by atoms with E-state index in [0.717, 1.165) is 29.2 Å². The van der Waals surface area contributed by atoms with Gasteiger partial charge in [0.2, 0.25) is 0 Å². The monoisotopic (exact) mass is 387 g/mol. The molecule has 3 heterocycles. The van der Waals surface area contributed by atoms with Crippen LogP contribution >= 0.6 is 0 Å². The van der Waals surface area contributed by atoms with E-state index in [1.54, 1.807) is 10.7 Å². The highest BCUT2D eigenvalue weighted by molar-refractivity contribution is 5.73. The van der Waals surface area contributed by atoms with Crippen LogP contribution in [-0.2, 0) is 12.6 Å². The van der Waals surface area contributed by atoms with Gasteiger partial charge in [0.05, 0.1) is 16.9 Å². The molecule has 8 heteroatoms. The molecule has 1 N–H and O–H groups in total. The number of ether oxygens (including phenoxy) is 2. The van der Waals surface area contributed by atoms with Crippen LogP contribution in [0.3, 0.4) is 0 Å². The topological polar surface area (TPSA) is 48.3 Å². The lowest BCUT2D eigenvalue weighted by atomic mass is 10.0. The number of anilines is 1. The van der Waals surface area contributed by atoms with Crippen molar-refractivity contribution in [3.63, 3.8) is 0 Å². The molecule has 2 aliphatic rings. The summed E-state index contributed by atoms with van der Waals surface area (Å²) in [6, 6.07) is 10.8. The molecule has 0 radical (unpaired) electrons. The van der Waals surface area contributed by atoms with Crippen molar-refractivity contribution < 1.29 is 22.6 Å². The van der Waals surface area contributed by atoms with E-state index in [9.17, 15) is 13.2 Å². The Kier molecular flexibility index (Phi) is 3.75. The number of nitrogens with zero attached hydrogens (tertiary/aromatic N) is 2. The third-order valence-corrected chi connectivity index (χ3v) is 4.88. The zero-order chi connectivity index (χ0) is 19.3. The molecule has 2 aromatic carbocycles. The first-order valence-electron chi connectivity index (χ1n) is 8.94. The molecule has 0 aliphatic carbocycles. The normalized spacial score (nSPS) is 15.2. The third-order valence-electron chi connectivity index (χ3n) is 4.88. The average Bonchev–Trinajstić information content (AvgIpc) is 3.30. The number of halogens is 3. The maximum Gasteiger partial charge on any atom is 0.416 e. The van der Waals surface area contributed by atoms with Gasteiger partial charge in [-0.1, -0.05) is 12.1 Å². The highest BCUT2D eigenvalue weighted by Crippen LogP contribution is 2.39. The van der Waals surface area contributed by atoms with Crippen molar-refractivity contribution in [2.24, 2.45) is 0 Å². The molecule has 0 bridgehead atoms. The third kappa shape index (κ3) is 2.76. The lowest BCUT2D eigenvalue weighted by Gasteiger charge is -2.19. The second-order valence-electron chi connectivity index (χ2n) is 6.67. The van der Waals surface area contributed by atoms with Gasteiger partial charge in [0.15, 0.2) is 11.5 Å². The average molecular weight is 387 g/mol. The molecule has 0 fully saturated rings. The van der Waals surface area contributed by atoms with Crippen LogP contribution in [0.15, 0.2) is 42.5 Å². The van der Waals surface area contributed by atoms with Gasteiger partial charge in [-0.25, -0.2) is 4.68 Å². The molecule has 144 valence electrons. The highest BCUT2D eigenvalue weighted by atomic mass is 19.4. The van der Waals surface area contributed by atoms with E-state index in [1.807, 2.05) is 18.2 Å². The van der Waals surface area contributed by atoms with Crippen LogP contribution in [0.2, 0.25) is 0 Å². The summed E-state index contributed by atoms with van der Waals surface area (Å²) in [5.41, 5.74) is 1.99. The van der Waals surface area contributed by atoms with Crippen molar-refractivity contribution in [3.05, 3.63) is 53.6 Å². The maximum absolute atomic E-state index is 13.1. The summed E-state index contributed by atoms with van der Waals surface area (Å²) in [6.45, 7) is 1.69. The molecule has 0 saturated heterocycles. The van der Waals surface area contributed by atoms with E-state index in [0.29, 0.717) is 48.9 Å². The van der Waals surface area contributed by atoms with Crippen LogP contribution in [0.4, 0.5) is 19.0 Å². The van der Waals surface area contributed by atoms with E-state index < -0.39 is 11.7 Å². The number of fused-ring (bicyclic) bond motifs is 2. The van der Waals surface area contributed by atoms with Crippen LogP contribution < -0.4 is 14.8 Å². The Bertz CT molecular complexity index is 1060. The van der Waals surface area contributed by atoms with E-state index in [4.69, 9.17) is 9.47 Å². The van der Waals surface area contributed by atoms with E-state index in [2.05, 4.69) is 10.4 Å². The molecule has 28 heavy (non-hydrogen) atoms. The quantitative estimate of drug-likeness (QED) is 0.713. The van der Waals surface area contributed by atoms with Crippen molar-refractivity contribution >= 4 is 5.82 Å². The first kappa shape index (κ1) is 17.0. The van der Waals surface area contributed by atoms with E-state index in [1.165, 1.54) is 6.07 Å². The van der Waals surface area contributed by atoms with Crippen LogP contribution in [0.1, 0.15) is 11.1 Å². The predicted molar refractivity (Wildman–Crippen MR) is 97.2 cm³/mol. The van der Waals surface area contributed by atoms with Crippen molar-refractivity contribution in [2.45, 2.75) is 12.6 Å².